The van der Waals surface area contributed by atoms with Crippen molar-refractivity contribution >= 4 is 22.4 Å². The van der Waals surface area contributed by atoms with E-state index in [1.807, 2.05) is 5.38 Å². The van der Waals surface area contributed by atoms with Gasteiger partial charge < -0.3 is 5.32 Å². The Morgan fingerprint density at radius 3 is 2.94 bits per heavy atom. The summed E-state index contributed by atoms with van der Waals surface area (Å²) >= 11 is 1.39. The number of thiazole rings is 1. The summed E-state index contributed by atoms with van der Waals surface area (Å²) < 4.78 is 0. The van der Waals surface area contributed by atoms with Crippen LogP contribution in [0.2, 0.25) is 0 Å². The number of nitrogens with zero attached hydrogens (tertiary/aromatic N) is 2. The van der Waals surface area contributed by atoms with Crippen molar-refractivity contribution in [2.45, 2.75) is 31.2 Å². The lowest BCUT2D eigenvalue weighted by Crippen LogP contribution is -2.18. The summed E-state index contributed by atoms with van der Waals surface area (Å²) in [6, 6.07) is -0.696. The molecule has 7 heteroatoms. The quantitative estimate of drug-likeness (QED) is 0.652. The molecular weight excluding hydrogens is 242 g/mol. The van der Waals surface area contributed by atoms with Gasteiger partial charge in [-0.15, -0.1) is 11.3 Å². The van der Waals surface area contributed by atoms with Gasteiger partial charge in [-0.2, -0.15) is 0 Å². The van der Waals surface area contributed by atoms with Gasteiger partial charge >= 0.3 is 0 Å². The molecule has 0 saturated heterocycles. The molecule has 2 aliphatic rings. The molecule has 6 nitrogen and oxygen atoms in total. The topological polar surface area (TPSA) is 85.1 Å². The van der Waals surface area contributed by atoms with Crippen LogP contribution in [0.15, 0.2) is 5.38 Å². The van der Waals surface area contributed by atoms with E-state index in [4.69, 9.17) is 0 Å². The fourth-order valence-corrected chi connectivity index (χ4v) is 2.60. The number of aromatic nitrogens is 1. The minimum Gasteiger partial charge on any atom is -0.301 e. The van der Waals surface area contributed by atoms with Crippen molar-refractivity contribution in [2.75, 3.05) is 5.32 Å². The number of amides is 1. The van der Waals surface area contributed by atoms with Crippen LogP contribution in [-0.2, 0) is 4.79 Å². The van der Waals surface area contributed by atoms with Crippen LogP contribution in [0.1, 0.15) is 30.9 Å². The van der Waals surface area contributed by atoms with E-state index in [1.165, 1.54) is 24.2 Å². The molecule has 0 bridgehead atoms. The van der Waals surface area contributed by atoms with E-state index in [9.17, 15) is 14.9 Å². The molecule has 2 atom stereocenters. The van der Waals surface area contributed by atoms with E-state index in [-0.39, 0.29) is 10.8 Å². The summed E-state index contributed by atoms with van der Waals surface area (Å²) in [4.78, 5) is 26.0. The van der Waals surface area contributed by atoms with Crippen molar-refractivity contribution < 1.29 is 9.72 Å². The Bertz CT molecular complexity index is 483. The highest BCUT2D eigenvalue weighted by molar-refractivity contribution is 7.13. The van der Waals surface area contributed by atoms with E-state index >= 15 is 0 Å². The summed E-state index contributed by atoms with van der Waals surface area (Å²) in [7, 11) is 0. The van der Waals surface area contributed by atoms with Crippen LogP contribution in [0.3, 0.4) is 0 Å². The second-order valence-corrected chi connectivity index (χ2v) is 5.39. The molecule has 1 aromatic heterocycles. The van der Waals surface area contributed by atoms with Crippen LogP contribution in [-0.4, -0.2) is 21.9 Å². The van der Waals surface area contributed by atoms with E-state index in [1.54, 1.807) is 0 Å². The van der Waals surface area contributed by atoms with Crippen molar-refractivity contribution in [1.29, 1.82) is 0 Å². The lowest BCUT2D eigenvalue weighted by atomic mass is 10.3. The van der Waals surface area contributed by atoms with Crippen LogP contribution in [0.4, 0.5) is 5.13 Å². The molecule has 0 radical (unpaired) electrons. The van der Waals surface area contributed by atoms with Crippen molar-refractivity contribution in [3.63, 3.8) is 0 Å². The largest absolute Gasteiger partial charge is 0.301 e. The Morgan fingerprint density at radius 1 is 1.59 bits per heavy atom. The van der Waals surface area contributed by atoms with Crippen molar-refractivity contribution in [2.24, 2.45) is 5.92 Å². The molecule has 17 heavy (non-hydrogen) atoms. The monoisotopic (exact) mass is 253 g/mol. The fourth-order valence-electron chi connectivity index (χ4n) is 1.80. The highest BCUT2D eigenvalue weighted by Crippen LogP contribution is 2.41. The van der Waals surface area contributed by atoms with Crippen molar-refractivity contribution in [3.05, 3.63) is 21.2 Å². The second kappa shape index (κ2) is 3.76. The summed E-state index contributed by atoms with van der Waals surface area (Å²) in [5.41, 5.74) is 1.03. The zero-order chi connectivity index (χ0) is 12.0. The third-order valence-electron chi connectivity index (χ3n) is 3.11. The van der Waals surface area contributed by atoms with Gasteiger partial charge in [-0.3, -0.25) is 14.9 Å². The number of rotatable bonds is 4. The zero-order valence-corrected chi connectivity index (χ0v) is 9.77. The molecule has 1 amide bonds. The van der Waals surface area contributed by atoms with Gasteiger partial charge in [-0.1, -0.05) is 0 Å². The first-order chi connectivity index (χ1) is 8.15. The smallest absolute Gasteiger partial charge is 0.236 e. The Balaban J connectivity index is 1.59. The van der Waals surface area contributed by atoms with Gasteiger partial charge in [0.15, 0.2) is 5.13 Å². The van der Waals surface area contributed by atoms with Crippen LogP contribution in [0.25, 0.3) is 0 Å². The first-order valence-electron chi connectivity index (χ1n) is 5.55. The summed E-state index contributed by atoms with van der Waals surface area (Å²) in [6.07, 6.45) is 2.69. The Morgan fingerprint density at radius 2 is 2.35 bits per heavy atom. The number of nitrogens with one attached hydrogen (secondary N) is 1. The number of hydrogen-bond donors (Lipinski definition) is 1. The van der Waals surface area contributed by atoms with Crippen molar-refractivity contribution in [1.82, 2.24) is 4.98 Å². The maximum Gasteiger partial charge on any atom is 0.236 e. The zero-order valence-electron chi connectivity index (χ0n) is 8.96. The standard InChI is InChI=1S/C10H11N3O3S/c14-9(6-3-8(6)13(15)16)12-10-11-7(4-17-10)5-1-2-5/h4-6,8H,1-3H2,(H,11,12,14)/t6-,8-/m0/s1. The molecule has 0 unspecified atom stereocenters. The Hall–Kier alpha value is -1.50. The minimum absolute atomic E-state index is 0.275. The molecule has 2 aliphatic carbocycles. The molecule has 1 aromatic rings. The average molecular weight is 253 g/mol. The molecular formula is C10H11N3O3S. The van der Waals surface area contributed by atoms with Gasteiger partial charge in [0.05, 0.1) is 5.69 Å². The molecule has 2 saturated carbocycles. The lowest BCUT2D eigenvalue weighted by Gasteiger charge is -1.97. The minimum atomic E-state index is -0.696. The number of hydrogen-bond acceptors (Lipinski definition) is 5. The predicted molar refractivity (Wildman–Crippen MR) is 61.6 cm³/mol. The Kier molecular flexibility index (Phi) is 2.36. The summed E-state index contributed by atoms with van der Waals surface area (Å²) in [6.45, 7) is 0. The van der Waals surface area contributed by atoms with Crippen LogP contribution < -0.4 is 5.32 Å². The molecule has 90 valence electrons. The van der Waals surface area contributed by atoms with Crippen LogP contribution in [0.5, 0.6) is 0 Å². The van der Waals surface area contributed by atoms with Crippen LogP contribution in [0, 0.1) is 16.0 Å². The first-order valence-corrected chi connectivity index (χ1v) is 6.43. The van der Waals surface area contributed by atoms with Gasteiger partial charge in [-0.05, 0) is 12.8 Å². The average Bonchev–Trinajstić information content (AvgIpc) is 3.17. The van der Waals surface area contributed by atoms with E-state index in [2.05, 4.69) is 10.3 Å². The molecule has 2 fully saturated rings. The predicted octanol–water partition coefficient (Wildman–Crippen LogP) is 1.62. The highest BCUT2D eigenvalue weighted by atomic mass is 32.1. The van der Waals surface area contributed by atoms with Gasteiger partial charge in [0.2, 0.25) is 11.9 Å². The number of carbonyl (C=O) groups excluding carboxylic acids is 1. The normalized spacial score (nSPS) is 26.6. The summed E-state index contributed by atoms with van der Waals surface area (Å²) in [5, 5.41) is 15.6. The first kappa shape index (κ1) is 10.6. The number of anilines is 1. The van der Waals surface area contributed by atoms with Gasteiger partial charge in [0.1, 0.15) is 5.92 Å². The number of nitro groups is 1. The van der Waals surface area contributed by atoms with Gasteiger partial charge in [0.25, 0.3) is 0 Å². The molecule has 0 spiro atoms. The van der Waals surface area contributed by atoms with Gasteiger partial charge in [-0.25, -0.2) is 4.98 Å². The maximum atomic E-state index is 11.6. The molecule has 1 N–H and O–H groups in total. The van der Waals surface area contributed by atoms with E-state index in [0.29, 0.717) is 17.5 Å². The summed E-state index contributed by atoms with van der Waals surface area (Å²) in [5.74, 6) is -0.189. The highest BCUT2D eigenvalue weighted by Gasteiger charge is 2.53. The maximum absolute atomic E-state index is 11.6. The van der Waals surface area contributed by atoms with E-state index < -0.39 is 12.0 Å². The third-order valence-corrected chi connectivity index (χ3v) is 3.89. The molecule has 1 heterocycles. The van der Waals surface area contributed by atoms with Crippen molar-refractivity contribution in [3.8, 4) is 0 Å². The third kappa shape index (κ3) is 2.14. The van der Waals surface area contributed by atoms with Gasteiger partial charge in [0, 0.05) is 22.6 Å². The van der Waals surface area contributed by atoms with Crippen LogP contribution >= 0.6 is 11.3 Å². The molecule has 0 aliphatic heterocycles. The molecule has 0 aromatic carbocycles. The van der Waals surface area contributed by atoms with E-state index in [0.717, 1.165) is 5.69 Å². The Labute approximate surface area is 101 Å². The SMILES string of the molecule is O=C(Nc1nc(C2CC2)cs1)[C@H]1C[C@@H]1[N+](=O)[O-]. The number of carbonyl (C=O) groups is 1. The second-order valence-electron chi connectivity index (χ2n) is 4.54. The molecule has 3 rings (SSSR count). The lowest BCUT2D eigenvalue weighted by molar-refractivity contribution is -0.497. The fraction of sp³-hybridized carbons (Fsp3) is 0.600.